The minimum atomic E-state index is -1.28. The fourth-order valence-corrected chi connectivity index (χ4v) is 2.18. The first kappa shape index (κ1) is 18.3. The minimum Gasteiger partial charge on any atom is -0.465 e. The molecule has 23 heavy (non-hydrogen) atoms. The number of non-ortho nitro benzene ring substituents is 1. The molecule has 0 aromatic heterocycles. The van der Waals surface area contributed by atoms with Crippen LogP contribution < -0.4 is 5.32 Å². The first-order valence-corrected chi connectivity index (χ1v) is 6.96. The second-order valence-corrected chi connectivity index (χ2v) is 4.87. The van der Waals surface area contributed by atoms with E-state index in [9.17, 15) is 24.5 Å². The van der Waals surface area contributed by atoms with Gasteiger partial charge in [0.05, 0.1) is 17.6 Å². The Kier molecular flexibility index (Phi) is 6.37. The second kappa shape index (κ2) is 8.02. The summed E-state index contributed by atoms with van der Waals surface area (Å²) < 4.78 is 4.88. The number of Topliss-reactive ketones (excluding diaryl/α,β-unsaturated/α-hetero) is 1. The van der Waals surface area contributed by atoms with Crippen molar-refractivity contribution in [1.29, 1.82) is 0 Å². The highest BCUT2D eigenvalue weighted by Gasteiger charge is 2.36. The van der Waals surface area contributed by atoms with E-state index in [4.69, 9.17) is 4.74 Å². The number of carbonyl (C=O) groups is 3. The van der Waals surface area contributed by atoms with Crippen LogP contribution in [0.25, 0.3) is 0 Å². The molecule has 0 radical (unpaired) electrons. The van der Waals surface area contributed by atoms with Crippen molar-refractivity contribution < 1.29 is 24.0 Å². The van der Waals surface area contributed by atoms with E-state index in [-0.39, 0.29) is 17.9 Å². The highest BCUT2D eigenvalue weighted by Crippen LogP contribution is 2.27. The van der Waals surface area contributed by atoms with Crippen molar-refractivity contribution in [2.24, 2.45) is 5.92 Å². The quantitative estimate of drug-likeness (QED) is 0.352. The summed E-state index contributed by atoms with van der Waals surface area (Å²) in [6.45, 7) is 4.10. The molecule has 0 aliphatic carbocycles. The van der Waals surface area contributed by atoms with Crippen LogP contribution in [-0.2, 0) is 19.1 Å². The van der Waals surface area contributed by atoms with Crippen LogP contribution in [0.1, 0.15) is 32.4 Å². The van der Waals surface area contributed by atoms with Crippen LogP contribution in [0.2, 0.25) is 0 Å². The normalized spacial score (nSPS) is 12.8. The van der Waals surface area contributed by atoms with Crippen LogP contribution in [0.3, 0.4) is 0 Å². The maximum atomic E-state index is 12.1. The Balaban J connectivity index is 3.33. The fourth-order valence-electron chi connectivity index (χ4n) is 2.18. The average Bonchev–Trinajstić information content (AvgIpc) is 2.46. The van der Waals surface area contributed by atoms with Crippen LogP contribution in [-0.4, -0.2) is 29.2 Å². The molecule has 0 spiro atoms. The second-order valence-electron chi connectivity index (χ2n) is 4.87. The van der Waals surface area contributed by atoms with E-state index >= 15 is 0 Å². The third-order valence-electron chi connectivity index (χ3n) is 3.11. The molecule has 1 rings (SSSR count). The zero-order valence-electron chi connectivity index (χ0n) is 13.1. The molecule has 8 heteroatoms. The van der Waals surface area contributed by atoms with Crippen molar-refractivity contribution >= 4 is 23.3 Å². The molecule has 0 aliphatic rings. The van der Waals surface area contributed by atoms with Crippen molar-refractivity contribution in [2.75, 3.05) is 6.61 Å². The lowest BCUT2D eigenvalue weighted by Gasteiger charge is -2.24. The highest BCUT2D eigenvalue weighted by atomic mass is 16.6. The van der Waals surface area contributed by atoms with E-state index in [0.29, 0.717) is 0 Å². The monoisotopic (exact) mass is 322 g/mol. The number of amides is 1. The van der Waals surface area contributed by atoms with Gasteiger partial charge in [0.2, 0.25) is 5.91 Å². The topological polar surface area (TPSA) is 116 Å². The van der Waals surface area contributed by atoms with Crippen molar-refractivity contribution in [3.63, 3.8) is 0 Å². The third-order valence-corrected chi connectivity index (χ3v) is 3.11. The Bertz CT molecular complexity index is 628. The predicted molar refractivity (Wildman–Crippen MR) is 80.5 cm³/mol. The van der Waals surface area contributed by atoms with Crippen molar-refractivity contribution in [3.05, 3.63) is 39.9 Å². The van der Waals surface area contributed by atoms with Crippen LogP contribution in [0, 0.1) is 16.0 Å². The van der Waals surface area contributed by atoms with Crippen LogP contribution in [0.15, 0.2) is 24.3 Å². The minimum absolute atomic E-state index is 0.0738. The zero-order chi connectivity index (χ0) is 17.6. The summed E-state index contributed by atoms with van der Waals surface area (Å²) in [4.78, 5) is 45.7. The van der Waals surface area contributed by atoms with Gasteiger partial charge in [-0.05, 0) is 19.4 Å². The SMILES string of the molecule is CCOC(=O)C(C(C)=O)C(NC(C)=O)c1cccc([N+](=O)[O-])c1. The highest BCUT2D eigenvalue weighted by molar-refractivity contribution is 5.99. The molecule has 2 unspecified atom stereocenters. The number of ether oxygens (including phenoxy) is 1. The number of esters is 1. The van der Waals surface area contributed by atoms with Gasteiger partial charge >= 0.3 is 5.97 Å². The number of benzene rings is 1. The van der Waals surface area contributed by atoms with Crippen molar-refractivity contribution in [3.8, 4) is 0 Å². The number of rotatable bonds is 7. The van der Waals surface area contributed by atoms with Gasteiger partial charge < -0.3 is 10.1 Å². The summed E-state index contributed by atoms with van der Waals surface area (Å²) in [6, 6.07) is 4.38. The Morgan fingerprint density at radius 1 is 1.30 bits per heavy atom. The zero-order valence-corrected chi connectivity index (χ0v) is 13.1. The Morgan fingerprint density at radius 2 is 1.96 bits per heavy atom. The molecule has 0 saturated heterocycles. The number of carbonyl (C=O) groups excluding carboxylic acids is 3. The maximum Gasteiger partial charge on any atom is 0.318 e. The summed E-state index contributed by atoms with van der Waals surface area (Å²) in [7, 11) is 0. The van der Waals surface area contributed by atoms with E-state index in [0.717, 1.165) is 0 Å². The third kappa shape index (κ3) is 4.87. The molecular weight excluding hydrogens is 304 g/mol. The predicted octanol–water partition coefficient (Wildman–Crippen LogP) is 1.54. The largest absolute Gasteiger partial charge is 0.465 e. The summed E-state index contributed by atoms with van der Waals surface area (Å²) in [6.07, 6.45) is 0. The summed E-state index contributed by atoms with van der Waals surface area (Å²) in [5, 5.41) is 13.4. The lowest BCUT2D eigenvalue weighted by Crippen LogP contribution is -2.40. The van der Waals surface area contributed by atoms with Gasteiger partial charge in [-0.15, -0.1) is 0 Å². The standard InChI is InChI=1S/C15H18N2O6/c1-4-23-15(20)13(9(2)18)14(16-10(3)19)11-6-5-7-12(8-11)17(21)22/h5-8,13-14H,4H2,1-3H3,(H,16,19). The van der Waals surface area contributed by atoms with Crippen LogP contribution in [0.4, 0.5) is 5.69 Å². The first-order valence-electron chi connectivity index (χ1n) is 6.96. The van der Waals surface area contributed by atoms with Gasteiger partial charge in [-0.25, -0.2) is 0 Å². The molecule has 1 aromatic carbocycles. The molecule has 2 atom stereocenters. The molecule has 8 nitrogen and oxygen atoms in total. The molecular formula is C15H18N2O6. The number of nitrogens with one attached hydrogen (secondary N) is 1. The molecule has 1 aromatic rings. The maximum absolute atomic E-state index is 12.1. The fraction of sp³-hybridized carbons (Fsp3) is 0.400. The van der Waals surface area contributed by atoms with Crippen molar-refractivity contribution in [1.82, 2.24) is 5.32 Å². The smallest absolute Gasteiger partial charge is 0.318 e. The molecule has 124 valence electrons. The number of ketones is 1. The molecule has 0 aliphatic heterocycles. The van der Waals surface area contributed by atoms with Gasteiger partial charge in [0.25, 0.3) is 5.69 Å². The molecule has 0 fully saturated rings. The van der Waals surface area contributed by atoms with Crippen molar-refractivity contribution in [2.45, 2.75) is 26.8 Å². The molecule has 1 N–H and O–H groups in total. The lowest BCUT2D eigenvalue weighted by atomic mass is 9.89. The van der Waals surface area contributed by atoms with E-state index < -0.39 is 34.5 Å². The van der Waals surface area contributed by atoms with E-state index in [1.54, 1.807) is 6.92 Å². The molecule has 0 saturated carbocycles. The van der Waals surface area contributed by atoms with E-state index in [2.05, 4.69) is 5.32 Å². The van der Waals surface area contributed by atoms with Crippen LogP contribution in [0.5, 0.6) is 0 Å². The van der Waals surface area contributed by atoms with E-state index in [1.807, 2.05) is 0 Å². The summed E-state index contributed by atoms with van der Waals surface area (Å²) >= 11 is 0. The number of nitro benzene ring substituents is 1. The Labute approximate surface area is 133 Å². The number of hydrogen-bond acceptors (Lipinski definition) is 6. The van der Waals surface area contributed by atoms with Gasteiger partial charge in [0, 0.05) is 19.1 Å². The van der Waals surface area contributed by atoms with Gasteiger partial charge in [-0.1, -0.05) is 12.1 Å². The molecule has 0 bridgehead atoms. The number of nitro groups is 1. The van der Waals surface area contributed by atoms with Gasteiger partial charge in [-0.2, -0.15) is 0 Å². The van der Waals surface area contributed by atoms with E-state index in [1.165, 1.54) is 38.1 Å². The molecule has 0 heterocycles. The summed E-state index contributed by atoms with van der Waals surface area (Å²) in [5.74, 6) is -3.04. The lowest BCUT2D eigenvalue weighted by molar-refractivity contribution is -0.384. The Hall–Kier alpha value is -2.77. The van der Waals surface area contributed by atoms with Crippen LogP contribution >= 0.6 is 0 Å². The number of nitrogens with zero attached hydrogens (tertiary/aromatic N) is 1. The Morgan fingerprint density at radius 3 is 2.43 bits per heavy atom. The average molecular weight is 322 g/mol. The number of hydrogen-bond donors (Lipinski definition) is 1. The van der Waals surface area contributed by atoms with Gasteiger partial charge in [0.1, 0.15) is 11.7 Å². The summed E-state index contributed by atoms with van der Waals surface area (Å²) in [5.41, 5.74) is 0.0756. The first-order chi connectivity index (χ1) is 10.8. The molecule has 1 amide bonds. The van der Waals surface area contributed by atoms with Gasteiger partial charge in [-0.3, -0.25) is 24.5 Å². The van der Waals surface area contributed by atoms with Gasteiger partial charge in [0.15, 0.2) is 0 Å².